The summed E-state index contributed by atoms with van der Waals surface area (Å²) in [6.07, 6.45) is 1.03. The van der Waals surface area contributed by atoms with Gasteiger partial charge >= 0.3 is 7.62 Å². The molecule has 0 unspecified atom stereocenters. The molecule has 0 heterocycles. The average Bonchev–Trinajstić information content (AvgIpc) is 2.61. The second-order valence-electron chi connectivity index (χ2n) is 5.22. The maximum absolute atomic E-state index is 5.96. The molecule has 0 atom stereocenters. The normalized spacial score (nSPS) is 10.5. The van der Waals surface area contributed by atoms with E-state index in [2.05, 4.69) is 28.7 Å². The Hall–Kier alpha value is -1.82. The first-order chi connectivity index (χ1) is 11.4. The van der Waals surface area contributed by atoms with Crippen LogP contribution in [0.15, 0.2) is 54.6 Å². The largest absolute Gasteiger partial charge is 0.489 e. The monoisotopic (exact) mass is 311 g/mol. The van der Waals surface area contributed by atoms with Gasteiger partial charge in [0.25, 0.3) is 0 Å². The van der Waals surface area contributed by atoms with Crippen molar-refractivity contribution in [1.82, 2.24) is 10.5 Å². The van der Waals surface area contributed by atoms with Crippen LogP contribution in [0.25, 0.3) is 0 Å². The van der Waals surface area contributed by atoms with Crippen molar-refractivity contribution in [2.75, 3.05) is 20.2 Å². The number of para-hydroxylation sites is 1. The summed E-state index contributed by atoms with van der Waals surface area (Å²) in [5.41, 5.74) is 2.36. The minimum absolute atomic E-state index is 0.592. The zero-order valence-corrected chi connectivity index (χ0v) is 13.6. The maximum Gasteiger partial charge on any atom is 0.395 e. The summed E-state index contributed by atoms with van der Waals surface area (Å²) in [6, 6.07) is 18.4. The van der Waals surface area contributed by atoms with E-state index < -0.39 is 0 Å². The first kappa shape index (κ1) is 17.5. The van der Waals surface area contributed by atoms with E-state index in [0.29, 0.717) is 6.61 Å². The Labute approximate surface area is 139 Å². The Morgan fingerprint density at radius 3 is 2.57 bits per heavy atom. The number of hydrogen-bond donors (Lipinski definition) is 2. The standard InChI is InChI=1S/C18H24BN2O2/c1-22-19-21-13-7-12-20-14-17-10-5-6-11-18(17)23-15-16-8-3-2-4-9-16/h2-6,8-11,20-21H,7,12-15H2,1H3. The van der Waals surface area contributed by atoms with Crippen molar-refractivity contribution in [3.63, 3.8) is 0 Å². The Morgan fingerprint density at radius 2 is 1.74 bits per heavy atom. The summed E-state index contributed by atoms with van der Waals surface area (Å²) in [4.78, 5) is 0. The van der Waals surface area contributed by atoms with Crippen LogP contribution in [0.5, 0.6) is 5.75 Å². The van der Waals surface area contributed by atoms with Crippen LogP contribution in [-0.4, -0.2) is 27.8 Å². The lowest BCUT2D eigenvalue weighted by Crippen LogP contribution is -2.25. The van der Waals surface area contributed by atoms with Gasteiger partial charge in [-0.05, 0) is 31.1 Å². The molecule has 0 aliphatic carbocycles. The topological polar surface area (TPSA) is 42.5 Å². The maximum atomic E-state index is 5.96. The molecule has 121 valence electrons. The van der Waals surface area contributed by atoms with Gasteiger partial charge in [-0.25, -0.2) is 0 Å². The molecule has 0 amide bonds. The van der Waals surface area contributed by atoms with E-state index in [1.165, 1.54) is 11.1 Å². The van der Waals surface area contributed by atoms with Gasteiger partial charge in [0.15, 0.2) is 0 Å². The van der Waals surface area contributed by atoms with Crippen LogP contribution in [-0.2, 0) is 17.8 Å². The SMILES string of the molecule is CO[B]NCCCNCc1ccccc1OCc1ccccc1. The molecule has 0 aromatic heterocycles. The zero-order valence-electron chi connectivity index (χ0n) is 13.6. The first-order valence-corrected chi connectivity index (χ1v) is 7.93. The molecule has 0 fully saturated rings. The third-order valence-electron chi connectivity index (χ3n) is 3.40. The Balaban J connectivity index is 1.74. The molecule has 1 radical (unpaired) electrons. The van der Waals surface area contributed by atoms with Crippen LogP contribution in [0.1, 0.15) is 17.5 Å². The van der Waals surface area contributed by atoms with E-state index in [-0.39, 0.29) is 0 Å². The second-order valence-corrected chi connectivity index (χ2v) is 5.22. The smallest absolute Gasteiger partial charge is 0.395 e. The van der Waals surface area contributed by atoms with E-state index in [9.17, 15) is 0 Å². The highest BCUT2D eigenvalue weighted by atomic mass is 16.5. The highest BCUT2D eigenvalue weighted by molar-refractivity contribution is 6.23. The number of ether oxygens (including phenoxy) is 1. The molecule has 2 aromatic carbocycles. The number of rotatable bonds is 11. The van der Waals surface area contributed by atoms with Crippen molar-refractivity contribution in [3.05, 3.63) is 65.7 Å². The van der Waals surface area contributed by atoms with Gasteiger partial charge in [-0.2, -0.15) is 0 Å². The summed E-state index contributed by atoms with van der Waals surface area (Å²) in [5, 5.41) is 6.51. The Kier molecular flexibility index (Phi) is 8.26. The number of nitrogens with one attached hydrogen (secondary N) is 2. The van der Waals surface area contributed by atoms with Crippen molar-refractivity contribution in [3.8, 4) is 5.75 Å². The fraction of sp³-hybridized carbons (Fsp3) is 0.333. The van der Waals surface area contributed by atoms with E-state index in [1.54, 1.807) is 14.7 Å². The third-order valence-corrected chi connectivity index (χ3v) is 3.40. The van der Waals surface area contributed by atoms with Crippen molar-refractivity contribution in [2.45, 2.75) is 19.6 Å². The van der Waals surface area contributed by atoms with Crippen LogP contribution >= 0.6 is 0 Å². The fourth-order valence-electron chi connectivity index (χ4n) is 2.21. The molecule has 0 spiro atoms. The van der Waals surface area contributed by atoms with Crippen LogP contribution < -0.4 is 15.3 Å². The molecule has 5 heteroatoms. The predicted molar refractivity (Wildman–Crippen MR) is 94.3 cm³/mol. The van der Waals surface area contributed by atoms with E-state index in [1.807, 2.05) is 36.4 Å². The molecule has 0 saturated carbocycles. The highest BCUT2D eigenvalue weighted by Gasteiger charge is 2.03. The molecule has 0 aliphatic rings. The van der Waals surface area contributed by atoms with E-state index >= 15 is 0 Å². The van der Waals surface area contributed by atoms with Crippen LogP contribution in [0.3, 0.4) is 0 Å². The first-order valence-electron chi connectivity index (χ1n) is 7.93. The van der Waals surface area contributed by atoms with Crippen molar-refractivity contribution >= 4 is 7.62 Å². The lowest BCUT2D eigenvalue weighted by atomic mass is 10.2. The highest BCUT2D eigenvalue weighted by Crippen LogP contribution is 2.19. The van der Waals surface area contributed by atoms with Crippen molar-refractivity contribution in [1.29, 1.82) is 0 Å². The Morgan fingerprint density at radius 1 is 0.957 bits per heavy atom. The van der Waals surface area contributed by atoms with Crippen molar-refractivity contribution < 1.29 is 9.39 Å². The van der Waals surface area contributed by atoms with Crippen molar-refractivity contribution in [2.24, 2.45) is 0 Å². The number of hydrogen-bond acceptors (Lipinski definition) is 4. The van der Waals surface area contributed by atoms with Gasteiger partial charge in [0, 0.05) is 19.2 Å². The second kappa shape index (κ2) is 10.8. The van der Waals surface area contributed by atoms with Gasteiger partial charge < -0.3 is 19.9 Å². The minimum atomic E-state index is 0.592. The molecule has 0 aliphatic heterocycles. The quantitative estimate of drug-likeness (QED) is 0.494. The lowest BCUT2D eigenvalue weighted by molar-refractivity contribution is 0.302. The molecule has 0 saturated heterocycles. The average molecular weight is 311 g/mol. The van der Waals surface area contributed by atoms with Crippen LogP contribution in [0, 0.1) is 0 Å². The summed E-state index contributed by atoms with van der Waals surface area (Å²) in [6.45, 7) is 3.23. The molecular weight excluding hydrogens is 287 g/mol. The molecule has 0 bridgehead atoms. The molecule has 2 rings (SSSR count). The van der Waals surface area contributed by atoms with Gasteiger partial charge in [-0.1, -0.05) is 48.5 Å². The summed E-state index contributed by atoms with van der Waals surface area (Å²) in [5.74, 6) is 0.940. The molecule has 4 nitrogen and oxygen atoms in total. The Bertz CT molecular complexity index is 552. The van der Waals surface area contributed by atoms with Gasteiger partial charge in [0.1, 0.15) is 12.4 Å². The zero-order chi connectivity index (χ0) is 16.2. The van der Waals surface area contributed by atoms with Gasteiger partial charge in [0.2, 0.25) is 0 Å². The third kappa shape index (κ3) is 6.86. The number of benzene rings is 2. The van der Waals surface area contributed by atoms with Gasteiger partial charge in [-0.3, -0.25) is 0 Å². The lowest BCUT2D eigenvalue weighted by Gasteiger charge is -2.12. The minimum Gasteiger partial charge on any atom is -0.489 e. The summed E-state index contributed by atoms with van der Waals surface area (Å²) >= 11 is 0. The van der Waals surface area contributed by atoms with Crippen LogP contribution in [0.2, 0.25) is 0 Å². The van der Waals surface area contributed by atoms with E-state index in [0.717, 1.165) is 31.8 Å². The molecular formula is C18H24BN2O2. The van der Waals surface area contributed by atoms with E-state index in [4.69, 9.17) is 9.39 Å². The van der Waals surface area contributed by atoms with Gasteiger partial charge in [0.05, 0.1) is 0 Å². The summed E-state index contributed by atoms with van der Waals surface area (Å²) in [7, 11) is 3.24. The van der Waals surface area contributed by atoms with Crippen LogP contribution in [0.4, 0.5) is 0 Å². The molecule has 2 N–H and O–H groups in total. The summed E-state index contributed by atoms with van der Waals surface area (Å²) < 4.78 is 10.8. The molecule has 23 heavy (non-hydrogen) atoms. The van der Waals surface area contributed by atoms with Gasteiger partial charge in [-0.15, -0.1) is 0 Å². The fourth-order valence-corrected chi connectivity index (χ4v) is 2.21. The predicted octanol–water partition coefficient (Wildman–Crippen LogP) is 2.52. The molecule has 2 aromatic rings.